The van der Waals surface area contributed by atoms with E-state index in [0.29, 0.717) is 11.5 Å². The molecule has 0 aliphatic rings. The van der Waals surface area contributed by atoms with Crippen LogP contribution in [0.3, 0.4) is 0 Å². The highest BCUT2D eigenvalue weighted by Crippen LogP contribution is 2.13. The second-order valence-electron chi connectivity index (χ2n) is 4.05. The molecule has 94 valence electrons. The van der Waals surface area contributed by atoms with E-state index < -0.39 is 12.1 Å². The molecule has 2 unspecified atom stereocenters. The van der Waals surface area contributed by atoms with Crippen molar-refractivity contribution in [3.8, 4) is 0 Å². The van der Waals surface area contributed by atoms with Crippen molar-refractivity contribution >= 4 is 0 Å². The van der Waals surface area contributed by atoms with E-state index in [1.807, 2.05) is 0 Å². The first-order valence-corrected chi connectivity index (χ1v) is 5.24. The summed E-state index contributed by atoms with van der Waals surface area (Å²) < 4.78 is 5.32. The highest BCUT2D eigenvalue weighted by molar-refractivity contribution is 5.08. The van der Waals surface area contributed by atoms with Crippen LogP contribution in [0.5, 0.6) is 0 Å². The van der Waals surface area contributed by atoms with E-state index in [-0.39, 0.29) is 22.7 Å². The SMILES string of the molecule is CC(Cc1ccc(CC(C)[N+](=O)[O-])o1)[N+](=O)[O-]. The number of furan rings is 1. The number of hydrogen-bond acceptors (Lipinski definition) is 5. The molecular weight excluding hydrogens is 228 g/mol. The summed E-state index contributed by atoms with van der Waals surface area (Å²) in [6.07, 6.45) is 0.389. The van der Waals surface area contributed by atoms with Crippen LogP contribution in [-0.2, 0) is 12.8 Å². The second kappa shape index (κ2) is 5.42. The van der Waals surface area contributed by atoms with Gasteiger partial charge in [-0.1, -0.05) is 0 Å². The van der Waals surface area contributed by atoms with E-state index in [1.165, 1.54) is 13.8 Å². The number of rotatable bonds is 6. The smallest absolute Gasteiger partial charge is 0.217 e. The van der Waals surface area contributed by atoms with Crippen LogP contribution in [0.4, 0.5) is 0 Å². The first-order chi connectivity index (χ1) is 7.90. The van der Waals surface area contributed by atoms with Gasteiger partial charge in [-0.25, -0.2) is 0 Å². The van der Waals surface area contributed by atoms with Crippen molar-refractivity contribution in [3.63, 3.8) is 0 Å². The molecule has 0 saturated carbocycles. The minimum absolute atomic E-state index is 0.194. The predicted molar refractivity (Wildman–Crippen MR) is 59.0 cm³/mol. The highest BCUT2D eigenvalue weighted by atomic mass is 16.6. The van der Waals surface area contributed by atoms with Gasteiger partial charge in [0.2, 0.25) is 12.1 Å². The summed E-state index contributed by atoms with van der Waals surface area (Å²) in [5, 5.41) is 20.9. The van der Waals surface area contributed by atoms with E-state index in [4.69, 9.17) is 4.42 Å². The third-order valence-electron chi connectivity index (χ3n) is 2.43. The molecule has 0 aromatic carbocycles. The van der Waals surface area contributed by atoms with Gasteiger partial charge in [0.1, 0.15) is 11.5 Å². The quantitative estimate of drug-likeness (QED) is 0.558. The molecule has 7 nitrogen and oxygen atoms in total. The van der Waals surface area contributed by atoms with Gasteiger partial charge in [0.15, 0.2) is 0 Å². The molecule has 1 rings (SSSR count). The Balaban J connectivity index is 2.59. The van der Waals surface area contributed by atoms with Crippen LogP contribution in [0.15, 0.2) is 16.5 Å². The zero-order chi connectivity index (χ0) is 13.0. The van der Waals surface area contributed by atoms with Gasteiger partial charge in [-0.15, -0.1) is 0 Å². The van der Waals surface area contributed by atoms with Crippen molar-refractivity contribution < 1.29 is 14.3 Å². The molecule has 17 heavy (non-hydrogen) atoms. The Morgan fingerprint density at radius 2 is 1.41 bits per heavy atom. The van der Waals surface area contributed by atoms with Crippen LogP contribution in [0.2, 0.25) is 0 Å². The normalized spacial score (nSPS) is 14.2. The van der Waals surface area contributed by atoms with Crippen LogP contribution in [0, 0.1) is 20.2 Å². The summed E-state index contributed by atoms with van der Waals surface area (Å²) in [4.78, 5) is 20.1. The summed E-state index contributed by atoms with van der Waals surface area (Å²) in [5.41, 5.74) is 0. The molecule has 1 aromatic rings. The lowest BCUT2D eigenvalue weighted by Gasteiger charge is -2.02. The van der Waals surface area contributed by atoms with Crippen molar-refractivity contribution in [3.05, 3.63) is 43.9 Å². The van der Waals surface area contributed by atoms with Crippen molar-refractivity contribution in [1.29, 1.82) is 0 Å². The predicted octanol–water partition coefficient (Wildman–Crippen LogP) is 1.70. The summed E-state index contributed by atoms with van der Waals surface area (Å²) >= 11 is 0. The molecule has 0 bridgehead atoms. The first kappa shape index (κ1) is 13.1. The largest absolute Gasteiger partial charge is 0.466 e. The molecule has 1 aromatic heterocycles. The van der Waals surface area contributed by atoms with Crippen LogP contribution in [0.1, 0.15) is 25.4 Å². The van der Waals surface area contributed by atoms with Crippen LogP contribution in [0.25, 0.3) is 0 Å². The maximum atomic E-state index is 10.5. The molecule has 0 radical (unpaired) electrons. The molecule has 1 heterocycles. The summed E-state index contributed by atoms with van der Waals surface area (Å²) in [6, 6.07) is 1.81. The lowest BCUT2D eigenvalue weighted by atomic mass is 10.2. The van der Waals surface area contributed by atoms with Crippen molar-refractivity contribution in [2.45, 2.75) is 38.8 Å². The Kier molecular flexibility index (Phi) is 4.19. The average Bonchev–Trinajstić information content (AvgIpc) is 2.65. The topological polar surface area (TPSA) is 99.4 Å². The van der Waals surface area contributed by atoms with E-state index in [1.54, 1.807) is 12.1 Å². The minimum Gasteiger partial charge on any atom is -0.466 e. The molecule has 2 atom stereocenters. The molecule has 0 saturated heterocycles. The van der Waals surface area contributed by atoms with E-state index >= 15 is 0 Å². The Morgan fingerprint density at radius 3 is 1.71 bits per heavy atom. The van der Waals surface area contributed by atoms with Gasteiger partial charge in [0.05, 0.1) is 12.8 Å². The fourth-order valence-electron chi connectivity index (χ4n) is 1.37. The number of nitro groups is 2. The monoisotopic (exact) mass is 242 g/mol. The van der Waals surface area contributed by atoms with Gasteiger partial charge in [0, 0.05) is 23.7 Å². The molecule has 0 amide bonds. The lowest BCUT2D eigenvalue weighted by Crippen LogP contribution is -2.18. The minimum atomic E-state index is -0.720. The van der Waals surface area contributed by atoms with Crippen LogP contribution in [-0.4, -0.2) is 21.9 Å². The second-order valence-corrected chi connectivity index (χ2v) is 4.05. The summed E-state index contributed by atoms with van der Waals surface area (Å²) in [7, 11) is 0. The molecule has 0 aliphatic heterocycles. The number of nitrogens with zero attached hydrogens (tertiary/aromatic N) is 2. The molecule has 0 spiro atoms. The maximum Gasteiger partial charge on any atom is 0.217 e. The van der Waals surface area contributed by atoms with Gasteiger partial charge in [0.25, 0.3) is 0 Å². The highest BCUT2D eigenvalue weighted by Gasteiger charge is 2.19. The third kappa shape index (κ3) is 3.86. The van der Waals surface area contributed by atoms with Gasteiger partial charge >= 0.3 is 0 Å². The van der Waals surface area contributed by atoms with E-state index in [2.05, 4.69) is 0 Å². The zero-order valence-electron chi connectivity index (χ0n) is 9.66. The Bertz CT molecular complexity index is 378. The standard InChI is InChI=1S/C10H14N2O5/c1-7(11(13)14)5-9-3-4-10(17-9)6-8(2)12(15)16/h3-4,7-8H,5-6H2,1-2H3. The number of hydrogen-bond donors (Lipinski definition) is 0. The van der Waals surface area contributed by atoms with Gasteiger partial charge in [-0.3, -0.25) is 20.2 Å². The molecule has 0 fully saturated rings. The molecule has 7 heteroatoms. The van der Waals surface area contributed by atoms with Crippen LogP contribution >= 0.6 is 0 Å². The fourth-order valence-corrected chi connectivity index (χ4v) is 1.37. The Labute approximate surface area is 97.7 Å². The van der Waals surface area contributed by atoms with E-state index in [9.17, 15) is 20.2 Å². The molecule has 0 aliphatic carbocycles. The lowest BCUT2D eigenvalue weighted by molar-refractivity contribution is -0.518. The third-order valence-corrected chi connectivity index (χ3v) is 2.43. The van der Waals surface area contributed by atoms with Gasteiger partial charge in [-0.05, 0) is 12.1 Å². The van der Waals surface area contributed by atoms with Gasteiger partial charge in [-0.2, -0.15) is 0 Å². The summed E-state index contributed by atoms with van der Waals surface area (Å²) in [6.45, 7) is 2.98. The maximum absolute atomic E-state index is 10.5. The zero-order valence-corrected chi connectivity index (χ0v) is 9.66. The Hall–Kier alpha value is -1.92. The van der Waals surface area contributed by atoms with Crippen molar-refractivity contribution in [2.24, 2.45) is 0 Å². The molecule has 0 N–H and O–H groups in total. The van der Waals surface area contributed by atoms with Crippen molar-refractivity contribution in [2.75, 3.05) is 0 Å². The average molecular weight is 242 g/mol. The summed E-state index contributed by atoms with van der Waals surface area (Å²) in [5.74, 6) is 0.972. The first-order valence-electron chi connectivity index (χ1n) is 5.24. The van der Waals surface area contributed by atoms with Crippen LogP contribution < -0.4 is 0 Å². The Morgan fingerprint density at radius 1 is 1.06 bits per heavy atom. The van der Waals surface area contributed by atoms with Crippen molar-refractivity contribution in [1.82, 2.24) is 0 Å². The fraction of sp³-hybridized carbons (Fsp3) is 0.600. The van der Waals surface area contributed by atoms with Gasteiger partial charge < -0.3 is 4.42 Å². The van der Waals surface area contributed by atoms with E-state index in [0.717, 1.165) is 0 Å². The molecular formula is C10H14N2O5.